The number of hydrogen-bond acceptors (Lipinski definition) is 4. The van der Waals surface area contributed by atoms with Crippen molar-refractivity contribution in [3.63, 3.8) is 0 Å². The third kappa shape index (κ3) is 7.69. The van der Waals surface area contributed by atoms with E-state index in [2.05, 4.69) is 10.3 Å². The Hall–Kier alpha value is -1.03. The summed E-state index contributed by atoms with van der Waals surface area (Å²) in [6.45, 7) is 8.75. The average Bonchev–Trinajstić information content (AvgIpc) is 2.52. The van der Waals surface area contributed by atoms with E-state index < -0.39 is 14.6 Å². The van der Waals surface area contributed by atoms with Crippen molar-refractivity contribution in [1.82, 2.24) is 10.2 Å². The van der Waals surface area contributed by atoms with Gasteiger partial charge in [-0.2, -0.15) is 0 Å². The van der Waals surface area contributed by atoms with Crippen LogP contribution >= 0.6 is 24.0 Å². The zero-order chi connectivity index (χ0) is 19.1. The number of sulfone groups is 1. The van der Waals surface area contributed by atoms with Gasteiger partial charge in [-0.25, -0.2) is 8.42 Å². The summed E-state index contributed by atoms with van der Waals surface area (Å²) in [6.07, 6.45) is 0. The molecule has 0 saturated heterocycles. The van der Waals surface area contributed by atoms with Gasteiger partial charge in [-0.3, -0.25) is 4.99 Å². The van der Waals surface area contributed by atoms with Crippen LogP contribution in [-0.4, -0.2) is 57.0 Å². The van der Waals surface area contributed by atoms with Crippen molar-refractivity contribution in [2.45, 2.75) is 39.0 Å². The highest BCUT2D eigenvalue weighted by Crippen LogP contribution is 2.15. The largest absolute Gasteiger partial charge is 0.494 e. The number of nitrogens with one attached hydrogen (secondary N) is 1. The molecule has 8 heteroatoms. The minimum Gasteiger partial charge on any atom is -0.494 e. The molecule has 0 aliphatic rings. The molecule has 0 atom stereocenters. The zero-order valence-corrected chi connectivity index (χ0v) is 19.7. The SMILES string of the molecule is CCOc1ccc(CN(C)C(=NC)NCCS(=O)(=O)C(C)(C)C)cc1.I. The number of halogens is 1. The molecule has 0 aromatic heterocycles. The smallest absolute Gasteiger partial charge is 0.193 e. The van der Waals surface area contributed by atoms with E-state index in [0.29, 0.717) is 25.7 Å². The third-order valence-corrected chi connectivity index (χ3v) is 6.42. The van der Waals surface area contributed by atoms with Crippen LogP contribution in [-0.2, 0) is 16.4 Å². The molecule has 0 saturated carbocycles. The van der Waals surface area contributed by atoms with Crippen molar-refractivity contribution in [2.24, 2.45) is 4.99 Å². The molecule has 1 aromatic carbocycles. The monoisotopic (exact) mass is 497 g/mol. The molecule has 0 fully saturated rings. The first-order valence-corrected chi connectivity index (χ1v) is 10.1. The van der Waals surface area contributed by atoms with Crippen molar-refractivity contribution < 1.29 is 13.2 Å². The summed E-state index contributed by atoms with van der Waals surface area (Å²) in [4.78, 5) is 6.18. The van der Waals surface area contributed by atoms with Crippen molar-refractivity contribution in [1.29, 1.82) is 0 Å². The molecule has 0 unspecified atom stereocenters. The number of benzene rings is 1. The molecule has 1 rings (SSSR count). The summed E-state index contributed by atoms with van der Waals surface area (Å²) in [6, 6.07) is 7.91. The summed E-state index contributed by atoms with van der Waals surface area (Å²) in [7, 11) is 0.464. The maximum Gasteiger partial charge on any atom is 0.193 e. The van der Waals surface area contributed by atoms with Gasteiger partial charge in [0, 0.05) is 27.2 Å². The van der Waals surface area contributed by atoms with Crippen LogP contribution in [0.3, 0.4) is 0 Å². The van der Waals surface area contributed by atoms with Crippen LogP contribution in [0.15, 0.2) is 29.3 Å². The molecule has 0 amide bonds. The summed E-state index contributed by atoms with van der Waals surface area (Å²) >= 11 is 0. The minimum absolute atomic E-state index is 0. The van der Waals surface area contributed by atoms with Gasteiger partial charge in [0.25, 0.3) is 0 Å². The summed E-state index contributed by atoms with van der Waals surface area (Å²) in [5.41, 5.74) is 1.12. The Morgan fingerprint density at radius 1 is 1.23 bits per heavy atom. The van der Waals surface area contributed by atoms with E-state index in [4.69, 9.17) is 4.74 Å². The Kier molecular flexibility index (Phi) is 10.5. The first kappa shape index (κ1) is 25.0. The Morgan fingerprint density at radius 3 is 2.27 bits per heavy atom. The van der Waals surface area contributed by atoms with Crippen LogP contribution in [0.1, 0.15) is 33.3 Å². The normalized spacial score (nSPS) is 12.3. The fourth-order valence-electron chi connectivity index (χ4n) is 2.19. The molecule has 0 bridgehead atoms. The van der Waals surface area contributed by atoms with E-state index in [-0.39, 0.29) is 29.7 Å². The van der Waals surface area contributed by atoms with Gasteiger partial charge in [0.1, 0.15) is 5.75 Å². The topological polar surface area (TPSA) is 71.0 Å². The second-order valence-electron chi connectivity index (χ2n) is 6.84. The maximum atomic E-state index is 12.2. The molecular weight excluding hydrogens is 465 g/mol. The van der Waals surface area contributed by atoms with E-state index in [1.807, 2.05) is 43.1 Å². The molecular formula is C18H32IN3O3S. The lowest BCUT2D eigenvalue weighted by Gasteiger charge is -2.24. The van der Waals surface area contributed by atoms with Gasteiger partial charge in [0.2, 0.25) is 0 Å². The van der Waals surface area contributed by atoms with Crippen LogP contribution in [0, 0.1) is 0 Å². The van der Waals surface area contributed by atoms with E-state index >= 15 is 0 Å². The van der Waals surface area contributed by atoms with Crippen LogP contribution in [0.25, 0.3) is 0 Å². The fourth-order valence-corrected chi connectivity index (χ4v) is 3.18. The van der Waals surface area contributed by atoms with Gasteiger partial charge < -0.3 is 15.0 Å². The van der Waals surface area contributed by atoms with E-state index in [9.17, 15) is 8.42 Å². The van der Waals surface area contributed by atoms with Gasteiger partial charge in [-0.05, 0) is 45.4 Å². The Bertz CT molecular complexity index is 668. The number of nitrogens with zero attached hydrogens (tertiary/aromatic N) is 2. The quantitative estimate of drug-likeness (QED) is 0.357. The van der Waals surface area contributed by atoms with E-state index in [1.165, 1.54) is 0 Å². The van der Waals surface area contributed by atoms with Crippen LogP contribution < -0.4 is 10.1 Å². The zero-order valence-electron chi connectivity index (χ0n) is 16.6. The average molecular weight is 497 g/mol. The molecule has 0 aliphatic carbocycles. The summed E-state index contributed by atoms with van der Waals surface area (Å²) < 4.78 is 29.0. The maximum absolute atomic E-state index is 12.2. The standard InChI is InChI=1S/C18H31N3O3S.HI/c1-7-24-16-10-8-15(9-11-16)14-21(6)17(19-5)20-12-13-25(22,23)18(2,3)4;/h8-11H,7,12-14H2,1-6H3,(H,19,20);1H. The first-order chi connectivity index (χ1) is 11.6. The lowest BCUT2D eigenvalue weighted by Crippen LogP contribution is -2.42. The molecule has 6 nitrogen and oxygen atoms in total. The van der Waals surface area contributed by atoms with Crippen molar-refractivity contribution >= 4 is 39.8 Å². The van der Waals surface area contributed by atoms with Crippen LogP contribution in [0.5, 0.6) is 5.75 Å². The van der Waals surface area contributed by atoms with Gasteiger partial charge in [0.05, 0.1) is 17.1 Å². The Morgan fingerprint density at radius 2 is 1.81 bits per heavy atom. The second kappa shape index (κ2) is 11.0. The molecule has 0 radical (unpaired) electrons. The van der Waals surface area contributed by atoms with Gasteiger partial charge >= 0.3 is 0 Å². The molecule has 0 spiro atoms. The highest BCUT2D eigenvalue weighted by atomic mass is 127. The van der Waals surface area contributed by atoms with Crippen LogP contribution in [0.2, 0.25) is 0 Å². The first-order valence-electron chi connectivity index (χ1n) is 8.46. The van der Waals surface area contributed by atoms with Crippen molar-refractivity contribution in [3.8, 4) is 5.75 Å². The van der Waals surface area contributed by atoms with Crippen molar-refractivity contribution in [2.75, 3.05) is 33.0 Å². The van der Waals surface area contributed by atoms with Gasteiger partial charge in [-0.1, -0.05) is 12.1 Å². The number of rotatable bonds is 7. The number of guanidine groups is 1. The number of aliphatic imine (C=N–C) groups is 1. The number of ether oxygens (including phenoxy) is 1. The number of hydrogen-bond donors (Lipinski definition) is 1. The third-order valence-electron chi connectivity index (χ3n) is 3.81. The highest BCUT2D eigenvalue weighted by molar-refractivity contribution is 14.0. The van der Waals surface area contributed by atoms with E-state index in [1.54, 1.807) is 27.8 Å². The Balaban J connectivity index is 0.00000625. The Labute approximate surface area is 175 Å². The fraction of sp³-hybridized carbons (Fsp3) is 0.611. The lowest BCUT2D eigenvalue weighted by molar-refractivity contribution is 0.340. The second-order valence-corrected chi connectivity index (χ2v) is 9.70. The molecule has 0 aliphatic heterocycles. The molecule has 1 aromatic rings. The van der Waals surface area contributed by atoms with E-state index in [0.717, 1.165) is 11.3 Å². The van der Waals surface area contributed by atoms with Gasteiger partial charge in [0.15, 0.2) is 15.8 Å². The molecule has 150 valence electrons. The lowest BCUT2D eigenvalue weighted by atomic mass is 10.2. The van der Waals surface area contributed by atoms with Crippen molar-refractivity contribution in [3.05, 3.63) is 29.8 Å². The predicted molar refractivity (Wildman–Crippen MR) is 119 cm³/mol. The predicted octanol–water partition coefficient (Wildman–Crippen LogP) is 2.92. The minimum atomic E-state index is -3.15. The molecule has 26 heavy (non-hydrogen) atoms. The molecule has 1 N–H and O–H groups in total. The summed E-state index contributed by atoms with van der Waals surface area (Å²) in [5.74, 6) is 1.59. The van der Waals surface area contributed by atoms with Crippen LogP contribution in [0.4, 0.5) is 0 Å². The van der Waals surface area contributed by atoms with Gasteiger partial charge in [-0.15, -0.1) is 24.0 Å². The summed E-state index contributed by atoms with van der Waals surface area (Å²) in [5, 5.41) is 3.12. The molecule has 0 heterocycles. The highest BCUT2D eigenvalue weighted by Gasteiger charge is 2.28.